The largest absolute Gasteiger partial charge is 0.458 e. The summed E-state index contributed by atoms with van der Waals surface area (Å²) < 4.78 is 72.4. The van der Waals surface area contributed by atoms with Crippen molar-refractivity contribution in [1.29, 1.82) is 0 Å². The zero-order chi connectivity index (χ0) is 17.1. The van der Waals surface area contributed by atoms with Crippen LogP contribution < -0.4 is 4.72 Å². The summed E-state index contributed by atoms with van der Waals surface area (Å²) in [5.74, 6) is -0.625. The van der Waals surface area contributed by atoms with Crippen LogP contribution in [0.2, 0.25) is 0 Å². The number of sulfonamides is 1. The van der Waals surface area contributed by atoms with Crippen LogP contribution in [0.1, 0.15) is 18.3 Å². The number of alkyl halides is 3. The molecule has 1 N–H and O–H groups in total. The number of para-hydroxylation sites is 1. The maximum absolute atomic E-state index is 12.1. The topological polar surface area (TPSA) is 68.5 Å². The molecule has 2 rings (SSSR count). The van der Waals surface area contributed by atoms with Gasteiger partial charge in [0, 0.05) is 19.0 Å². The molecule has 5 nitrogen and oxygen atoms in total. The predicted molar refractivity (Wildman–Crippen MR) is 78.4 cm³/mol. The summed E-state index contributed by atoms with van der Waals surface area (Å²) in [4.78, 5) is 0. The Morgan fingerprint density at radius 3 is 2.61 bits per heavy atom. The van der Waals surface area contributed by atoms with E-state index in [0.29, 0.717) is 11.3 Å². The van der Waals surface area contributed by atoms with Crippen molar-refractivity contribution in [2.45, 2.75) is 18.7 Å². The Balaban J connectivity index is 2.02. The molecule has 0 saturated carbocycles. The number of ether oxygens (including phenoxy) is 1. The van der Waals surface area contributed by atoms with E-state index in [1.807, 2.05) is 12.1 Å². The second-order valence-electron chi connectivity index (χ2n) is 4.94. The lowest BCUT2D eigenvalue weighted by atomic mass is 10.2. The van der Waals surface area contributed by atoms with Gasteiger partial charge in [-0.1, -0.05) is 18.2 Å². The number of hydrogen-bond acceptors (Lipinski definition) is 4. The number of methoxy groups -OCH3 is 1. The molecule has 1 unspecified atom stereocenters. The highest BCUT2D eigenvalue weighted by atomic mass is 32.2. The zero-order valence-corrected chi connectivity index (χ0v) is 13.1. The summed E-state index contributed by atoms with van der Waals surface area (Å²) >= 11 is 0. The minimum atomic E-state index is -4.52. The van der Waals surface area contributed by atoms with E-state index in [4.69, 9.17) is 9.15 Å². The molecular weight excluding hydrogens is 335 g/mol. The summed E-state index contributed by atoms with van der Waals surface area (Å²) in [5, 5.41) is 0.824. The quantitative estimate of drug-likeness (QED) is 0.833. The first-order valence-corrected chi connectivity index (χ1v) is 8.41. The Hall–Kier alpha value is -1.58. The molecule has 9 heteroatoms. The standard InChI is InChI=1S/C14H16F3NO4S/c1-21-13(9-18-23(19,20)7-6-14(15,16)17)12-8-10-4-2-3-5-11(10)22-12/h2-5,8,13,18H,6-7,9H2,1H3. The number of halogens is 3. The lowest BCUT2D eigenvalue weighted by Crippen LogP contribution is -2.32. The average molecular weight is 351 g/mol. The number of hydrogen-bond donors (Lipinski definition) is 1. The van der Waals surface area contributed by atoms with E-state index in [-0.39, 0.29) is 6.54 Å². The van der Waals surface area contributed by atoms with Gasteiger partial charge in [-0.3, -0.25) is 0 Å². The predicted octanol–water partition coefficient (Wildman–Crippen LogP) is 2.99. The van der Waals surface area contributed by atoms with Crippen molar-refractivity contribution in [2.24, 2.45) is 0 Å². The first-order chi connectivity index (χ1) is 10.7. The van der Waals surface area contributed by atoms with Crippen LogP contribution in [0, 0.1) is 0 Å². The summed E-state index contributed by atoms with van der Waals surface area (Å²) in [6.07, 6.45) is -6.65. The molecule has 0 aliphatic rings. The molecule has 0 radical (unpaired) electrons. The van der Waals surface area contributed by atoms with Crippen LogP contribution in [0.15, 0.2) is 34.7 Å². The fraction of sp³-hybridized carbons (Fsp3) is 0.429. The summed E-state index contributed by atoms with van der Waals surface area (Å²) in [6.45, 7) is -0.212. The van der Waals surface area contributed by atoms with E-state index in [0.717, 1.165) is 5.39 Å². The van der Waals surface area contributed by atoms with E-state index in [2.05, 4.69) is 4.72 Å². The monoisotopic (exact) mass is 351 g/mol. The van der Waals surface area contributed by atoms with Gasteiger partial charge in [0.1, 0.15) is 17.4 Å². The Kier molecular flexibility index (Phi) is 5.33. The molecule has 1 atom stereocenters. The van der Waals surface area contributed by atoms with Crippen molar-refractivity contribution >= 4 is 21.0 Å². The number of fused-ring (bicyclic) bond motifs is 1. The molecule has 1 aromatic heterocycles. The Morgan fingerprint density at radius 2 is 2.00 bits per heavy atom. The second kappa shape index (κ2) is 6.90. The maximum Gasteiger partial charge on any atom is 0.390 e. The molecule has 2 aromatic rings. The molecule has 0 aliphatic heterocycles. The van der Waals surface area contributed by atoms with Crippen molar-refractivity contribution in [1.82, 2.24) is 4.72 Å². The van der Waals surface area contributed by atoms with Gasteiger partial charge >= 0.3 is 6.18 Å². The number of furan rings is 1. The first-order valence-electron chi connectivity index (χ1n) is 6.75. The van der Waals surface area contributed by atoms with E-state index in [1.165, 1.54) is 7.11 Å². The molecule has 0 amide bonds. The summed E-state index contributed by atoms with van der Waals surface area (Å²) in [7, 11) is -2.69. The number of benzene rings is 1. The third kappa shape index (κ3) is 5.22. The third-order valence-electron chi connectivity index (χ3n) is 3.19. The van der Waals surface area contributed by atoms with Crippen LogP contribution in [0.4, 0.5) is 13.2 Å². The minimum Gasteiger partial charge on any atom is -0.458 e. The van der Waals surface area contributed by atoms with Crippen molar-refractivity contribution in [3.05, 3.63) is 36.1 Å². The van der Waals surface area contributed by atoms with E-state index >= 15 is 0 Å². The molecule has 0 spiro atoms. The lowest BCUT2D eigenvalue weighted by Gasteiger charge is -2.14. The van der Waals surface area contributed by atoms with Crippen LogP contribution in [0.3, 0.4) is 0 Å². The first kappa shape index (κ1) is 17.8. The van der Waals surface area contributed by atoms with Gasteiger partial charge < -0.3 is 9.15 Å². The average Bonchev–Trinajstić information content (AvgIpc) is 2.89. The zero-order valence-electron chi connectivity index (χ0n) is 12.3. The summed E-state index contributed by atoms with van der Waals surface area (Å²) in [5.41, 5.74) is 0.615. The van der Waals surface area contributed by atoms with Crippen LogP contribution >= 0.6 is 0 Å². The van der Waals surface area contributed by atoms with Gasteiger partial charge in [0.05, 0.1) is 12.2 Å². The molecule has 0 aliphatic carbocycles. The van der Waals surface area contributed by atoms with Crippen molar-refractivity contribution < 1.29 is 30.7 Å². The Bertz CT molecular complexity index is 722. The van der Waals surface area contributed by atoms with Gasteiger partial charge in [-0.15, -0.1) is 0 Å². The van der Waals surface area contributed by atoms with E-state index in [9.17, 15) is 21.6 Å². The Labute approximate surface area is 131 Å². The molecule has 0 fully saturated rings. The normalized spacial score (nSPS) is 14.3. The van der Waals surface area contributed by atoms with Gasteiger partial charge in [0.2, 0.25) is 10.0 Å². The Morgan fingerprint density at radius 1 is 1.30 bits per heavy atom. The van der Waals surface area contributed by atoms with Gasteiger partial charge in [-0.2, -0.15) is 13.2 Å². The fourth-order valence-corrected chi connectivity index (χ4v) is 3.04. The van der Waals surface area contributed by atoms with Gasteiger partial charge in [-0.25, -0.2) is 13.1 Å². The minimum absolute atomic E-state index is 0.212. The highest BCUT2D eigenvalue weighted by molar-refractivity contribution is 7.89. The second-order valence-corrected chi connectivity index (χ2v) is 6.87. The van der Waals surface area contributed by atoms with Crippen LogP contribution in [-0.2, 0) is 14.8 Å². The smallest absolute Gasteiger partial charge is 0.390 e. The highest BCUT2D eigenvalue weighted by Gasteiger charge is 2.30. The highest BCUT2D eigenvalue weighted by Crippen LogP contribution is 2.25. The van der Waals surface area contributed by atoms with Gasteiger partial charge in [0.15, 0.2) is 0 Å². The molecular formula is C14H16F3NO4S. The van der Waals surface area contributed by atoms with E-state index < -0.39 is 34.5 Å². The number of nitrogens with one attached hydrogen (secondary N) is 1. The molecule has 0 saturated heterocycles. The molecule has 128 valence electrons. The maximum atomic E-state index is 12.1. The molecule has 1 aromatic carbocycles. The summed E-state index contributed by atoms with van der Waals surface area (Å²) in [6, 6.07) is 8.88. The molecule has 1 heterocycles. The van der Waals surface area contributed by atoms with Crippen molar-refractivity contribution in [3.63, 3.8) is 0 Å². The van der Waals surface area contributed by atoms with E-state index in [1.54, 1.807) is 18.2 Å². The molecule has 23 heavy (non-hydrogen) atoms. The van der Waals surface area contributed by atoms with Gasteiger partial charge in [0.25, 0.3) is 0 Å². The van der Waals surface area contributed by atoms with Crippen LogP contribution in [0.5, 0.6) is 0 Å². The molecule has 0 bridgehead atoms. The lowest BCUT2D eigenvalue weighted by molar-refractivity contribution is -0.130. The van der Waals surface area contributed by atoms with Crippen molar-refractivity contribution in [3.8, 4) is 0 Å². The fourth-order valence-electron chi connectivity index (χ4n) is 1.99. The van der Waals surface area contributed by atoms with Crippen molar-refractivity contribution in [2.75, 3.05) is 19.4 Å². The SMILES string of the molecule is COC(CNS(=O)(=O)CCC(F)(F)F)c1cc2ccccc2o1. The van der Waals surface area contributed by atoms with Crippen LogP contribution in [-0.4, -0.2) is 34.0 Å². The number of rotatable bonds is 7. The van der Waals surface area contributed by atoms with Crippen LogP contribution in [0.25, 0.3) is 11.0 Å². The third-order valence-corrected chi connectivity index (χ3v) is 4.54. The van der Waals surface area contributed by atoms with Gasteiger partial charge in [-0.05, 0) is 12.1 Å².